The average Bonchev–Trinajstić information content (AvgIpc) is 1.84. The van der Waals surface area contributed by atoms with Gasteiger partial charge < -0.3 is 9.84 Å². The van der Waals surface area contributed by atoms with Crippen molar-refractivity contribution in [2.45, 2.75) is 31.8 Å². The van der Waals surface area contributed by atoms with E-state index < -0.39 is 5.12 Å². The summed E-state index contributed by atoms with van der Waals surface area (Å²) < 4.78 is 4.95. The molecule has 0 radical (unpaired) electrons. The minimum absolute atomic E-state index is 0.510. The van der Waals surface area contributed by atoms with E-state index in [1.165, 1.54) is 0 Å². The fourth-order valence-electron chi connectivity index (χ4n) is 0.368. The molecule has 0 heterocycles. The van der Waals surface area contributed by atoms with Gasteiger partial charge in [-0.05, 0) is 6.42 Å². The van der Waals surface area contributed by atoms with Crippen LogP contribution in [-0.2, 0) is 4.74 Å². The Morgan fingerprint density at radius 2 is 2.11 bits per heavy atom. The van der Waals surface area contributed by atoms with Gasteiger partial charge in [-0.3, -0.25) is 0 Å². The first kappa shape index (κ1) is 9.27. The molecule has 1 N–H and O–H groups in total. The second-order valence-corrected chi connectivity index (χ2v) is 2.64. The highest BCUT2D eigenvalue weighted by Gasteiger charge is 2.17. The molecule has 0 aromatic heterocycles. The highest BCUT2D eigenvalue weighted by atomic mass is 32.1. The lowest BCUT2D eigenvalue weighted by Crippen LogP contribution is -2.24. The Balaban J connectivity index is 3.33. The van der Waals surface area contributed by atoms with Crippen molar-refractivity contribution in [3.8, 4) is 0 Å². The van der Waals surface area contributed by atoms with E-state index in [2.05, 4.69) is 12.6 Å². The first-order valence-electron chi connectivity index (χ1n) is 3.21. The molecule has 0 rings (SSSR count). The van der Waals surface area contributed by atoms with Crippen molar-refractivity contribution in [1.82, 2.24) is 0 Å². The number of hydrogen-bond donors (Lipinski definition) is 2. The summed E-state index contributed by atoms with van der Waals surface area (Å²) >= 11 is 3.85. The second kappa shape index (κ2) is 4.14. The van der Waals surface area contributed by atoms with Crippen LogP contribution in [0.4, 0.5) is 0 Å². The van der Waals surface area contributed by atoms with Crippen molar-refractivity contribution >= 4 is 12.6 Å². The van der Waals surface area contributed by atoms with Crippen molar-refractivity contribution in [2.24, 2.45) is 0 Å². The van der Waals surface area contributed by atoms with Crippen molar-refractivity contribution in [2.75, 3.05) is 6.61 Å². The van der Waals surface area contributed by atoms with E-state index >= 15 is 0 Å². The average molecular weight is 150 g/mol. The summed E-state index contributed by atoms with van der Waals surface area (Å²) in [7, 11) is 0. The van der Waals surface area contributed by atoms with Crippen LogP contribution in [0.15, 0.2) is 0 Å². The second-order valence-electron chi connectivity index (χ2n) is 1.95. The monoisotopic (exact) mass is 150 g/mol. The van der Waals surface area contributed by atoms with E-state index in [0.717, 1.165) is 6.42 Å². The van der Waals surface area contributed by atoms with E-state index in [1.54, 1.807) is 0 Å². The molecule has 0 aliphatic rings. The third kappa shape index (κ3) is 4.75. The van der Waals surface area contributed by atoms with Crippen molar-refractivity contribution in [3.05, 3.63) is 0 Å². The van der Waals surface area contributed by atoms with Gasteiger partial charge in [-0.1, -0.05) is 13.8 Å². The maximum absolute atomic E-state index is 9.10. The molecule has 2 nitrogen and oxygen atoms in total. The molecule has 0 aliphatic heterocycles. The van der Waals surface area contributed by atoms with Gasteiger partial charge in [0.1, 0.15) is 0 Å². The lowest BCUT2D eigenvalue weighted by atomic mass is 10.4. The number of hydrogen-bond acceptors (Lipinski definition) is 3. The van der Waals surface area contributed by atoms with Crippen molar-refractivity contribution in [3.63, 3.8) is 0 Å². The third-order valence-electron chi connectivity index (χ3n) is 0.998. The standard InChI is InChI=1S/C6H14O2S/c1-3-5-8-6(7,9)4-2/h7,9H,3-5H2,1-2H3. The zero-order valence-electron chi connectivity index (χ0n) is 5.92. The van der Waals surface area contributed by atoms with Gasteiger partial charge in [0.2, 0.25) is 5.12 Å². The summed E-state index contributed by atoms with van der Waals surface area (Å²) in [5.74, 6) is 0. The largest absolute Gasteiger partial charge is 0.357 e. The van der Waals surface area contributed by atoms with Gasteiger partial charge in [-0.25, -0.2) is 0 Å². The van der Waals surface area contributed by atoms with Gasteiger partial charge in [0.25, 0.3) is 0 Å². The molecule has 0 spiro atoms. The maximum atomic E-state index is 9.10. The fraction of sp³-hybridized carbons (Fsp3) is 1.00. The van der Waals surface area contributed by atoms with E-state index in [-0.39, 0.29) is 0 Å². The lowest BCUT2D eigenvalue weighted by molar-refractivity contribution is -0.130. The van der Waals surface area contributed by atoms with Gasteiger partial charge in [-0.2, -0.15) is 0 Å². The molecule has 3 heteroatoms. The van der Waals surface area contributed by atoms with Crippen LogP contribution in [0.25, 0.3) is 0 Å². The van der Waals surface area contributed by atoms with Crippen LogP contribution in [0.3, 0.4) is 0 Å². The molecular formula is C6H14O2S. The molecule has 0 aliphatic carbocycles. The molecule has 0 aromatic rings. The van der Waals surface area contributed by atoms with Crippen LogP contribution in [0.5, 0.6) is 0 Å². The SMILES string of the molecule is CCCOC(O)(S)CC. The topological polar surface area (TPSA) is 29.5 Å². The molecule has 0 aromatic carbocycles. The van der Waals surface area contributed by atoms with Gasteiger partial charge in [0.05, 0.1) is 6.61 Å². The predicted molar refractivity (Wildman–Crippen MR) is 40.5 cm³/mol. The van der Waals surface area contributed by atoms with E-state index in [0.29, 0.717) is 13.0 Å². The van der Waals surface area contributed by atoms with E-state index in [1.807, 2.05) is 13.8 Å². The quantitative estimate of drug-likeness (QED) is 0.468. The van der Waals surface area contributed by atoms with Crippen molar-refractivity contribution < 1.29 is 9.84 Å². The lowest BCUT2D eigenvalue weighted by Gasteiger charge is -2.19. The van der Waals surface area contributed by atoms with Gasteiger partial charge >= 0.3 is 0 Å². The van der Waals surface area contributed by atoms with Gasteiger partial charge in [0, 0.05) is 6.42 Å². The normalized spacial score (nSPS) is 17.3. The molecule has 0 bridgehead atoms. The zero-order chi connectivity index (χ0) is 7.33. The third-order valence-corrected chi connectivity index (χ3v) is 1.44. The summed E-state index contributed by atoms with van der Waals surface area (Å²) in [6.45, 7) is 4.37. The minimum Gasteiger partial charge on any atom is -0.357 e. The zero-order valence-corrected chi connectivity index (χ0v) is 6.82. The Labute approximate surface area is 61.6 Å². The number of ether oxygens (including phenoxy) is 1. The Morgan fingerprint density at radius 3 is 2.44 bits per heavy atom. The Hall–Kier alpha value is 0.270. The highest BCUT2D eigenvalue weighted by molar-refractivity contribution is 7.81. The Bertz CT molecular complexity index is 73.5. The number of thiol groups is 1. The van der Waals surface area contributed by atoms with Crippen LogP contribution in [-0.4, -0.2) is 16.8 Å². The van der Waals surface area contributed by atoms with Crippen LogP contribution in [0.1, 0.15) is 26.7 Å². The van der Waals surface area contributed by atoms with Crippen LogP contribution in [0, 0.1) is 0 Å². The van der Waals surface area contributed by atoms with Gasteiger partial charge in [-0.15, -0.1) is 12.6 Å². The summed E-state index contributed by atoms with van der Waals surface area (Å²) in [4.78, 5) is 0. The molecule has 9 heavy (non-hydrogen) atoms. The highest BCUT2D eigenvalue weighted by Crippen LogP contribution is 2.15. The predicted octanol–water partition coefficient (Wildman–Crippen LogP) is 1.40. The number of aliphatic hydroxyl groups is 1. The Kier molecular flexibility index (Phi) is 4.27. The molecule has 0 fully saturated rings. The van der Waals surface area contributed by atoms with Gasteiger partial charge in [0.15, 0.2) is 0 Å². The first-order valence-corrected chi connectivity index (χ1v) is 3.65. The fourth-order valence-corrected chi connectivity index (χ4v) is 0.459. The Morgan fingerprint density at radius 1 is 1.56 bits per heavy atom. The molecule has 1 atom stereocenters. The molecule has 1 unspecified atom stereocenters. The summed E-state index contributed by atoms with van der Waals surface area (Å²) in [6, 6.07) is 0. The van der Waals surface area contributed by atoms with Crippen molar-refractivity contribution in [1.29, 1.82) is 0 Å². The molecule has 0 amide bonds. The van der Waals surface area contributed by atoms with E-state index in [4.69, 9.17) is 9.84 Å². The molecular weight excluding hydrogens is 136 g/mol. The number of rotatable bonds is 4. The van der Waals surface area contributed by atoms with Crippen LogP contribution >= 0.6 is 12.6 Å². The van der Waals surface area contributed by atoms with E-state index in [9.17, 15) is 0 Å². The molecule has 0 saturated carbocycles. The summed E-state index contributed by atoms with van der Waals surface area (Å²) in [5.41, 5.74) is 0. The summed E-state index contributed by atoms with van der Waals surface area (Å²) in [5, 5.41) is 7.88. The molecule has 0 saturated heterocycles. The van der Waals surface area contributed by atoms with Crippen LogP contribution < -0.4 is 0 Å². The summed E-state index contributed by atoms with van der Waals surface area (Å²) in [6.07, 6.45) is 1.42. The molecule has 56 valence electrons. The van der Waals surface area contributed by atoms with Crippen LogP contribution in [0.2, 0.25) is 0 Å². The first-order chi connectivity index (χ1) is 4.12. The maximum Gasteiger partial charge on any atom is 0.212 e. The smallest absolute Gasteiger partial charge is 0.212 e. The minimum atomic E-state index is -1.21.